The van der Waals surface area contributed by atoms with Crippen LogP contribution < -0.4 is 14.8 Å². The topological polar surface area (TPSA) is 85.0 Å². The summed E-state index contributed by atoms with van der Waals surface area (Å²) in [5, 5.41) is 16.8. The molecule has 1 aromatic heterocycles. The van der Waals surface area contributed by atoms with Crippen LogP contribution in [0.25, 0.3) is 0 Å². The Kier molecular flexibility index (Phi) is 2.59. The summed E-state index contributed by atoms with van der Waals surface area (Å²) < 4.78 is 10.5. The van der Waals surface area contributed by atoms with Gasteiger partial charge in [0.2, 0.25) is 6.79 Å². The molecule has 0 fully saturated rings. The molecule has 2 heterocycles. The van der Waals surface area contributed by atoms with E-state index in [9.17, 15) is 0 Å². The van der Waals surface area contributed by atoms with Crippen LogP contribution in [0.4, 0.5) is 0 Å². The molecule has 3 rings (SSSR count). The fourth-order valence-electron chi connectivity index (χ4n) is 1.63. The van der Waals surface area contributed by atoms with Gasteiger partial charge in [0.1, 0.15) is 0 Å². The zero-order chi connectivity index (χ0) is 11.5. The van der Waals surface area contributed by atoms with E-state index in [0.29, 0.717) is 25.7 Å². The molecule has 17 heavy (non-hydrogen) atoms. The summed E-state index contributed by atoms with van der Waals surface area (Å²) in [6.45, 7) is 1.59. The fraction of sp³-hybridized carbons (Fsp3) is 0.300. The van der Waals surface area contributed by atoms with Gasteiger partial charge in [0.05, 0.1) is 6.54 Å². The lowest BCUT2D eigenvalue weighted by Crippen LogP contribution is -2.13. The molecule has 1 aliphatic heterocycles. The first-order chi connectivity index (χ1) is 8.42. The number of ether oxygens (including phenoxy) is 2. The van der Waals surface area contributed by atoms with Crippen LogP contribution in [-0.4, -0.2) is 27.4 Å². The first-order valence-electron chi connectivity index (χ1n) is 5.23. The minimum absolute atomic E-state index is 0.301. The van der Waals surface area contributed by atoms with E-state index in [2.05, 4.69) is 25.9 Å². The highest BCUT2D eigenvalue weighted by molar-refractivity contribution is 5.44. The molecule has 0 atom stereocenters. The van der Waals surface area contributed by atoms with Gasteiger partial charge in [-0.1, -0.05) is 11.3 Å². The Morgan fingerprint density at radius 3 is 3.06 bits per heavy atom. The van der Waals surface area contributed by atoms with Crippen LogP contribution in [0.15, 0.2) is 18.2 Å². The molecular formula is C10H11N5O2. The van der Waals surface area contributed by atoms with E-state index in [1.165, 1.54) is 0 Å². The highest BCUT2D eigenvalue weighted by Crippen LogP contribution is 2.32. The number of aromatic amines is 1. The Morgan fingerprint density at radius 1 is 1.24 bits per heavy atom. The lowest BCUT2D eigenvalue weighted by molar-refractivity contribution is 0.174. The van der Waals surface area contributed by atoms with Crippen LogP contribution in [0.1, 0.15) is 11.4 Å². The zero-order valence-corrected chi connectivity index (χ0v) is 9.01. The number of hydrogen-bond acceptors (Lipinski definition) is 6. The summed E-state index contributed by atoms with van der Waals surface area (Å²) in [6, 6.07) is 5.87. The second kappa shape index (κ2) is 4.38. The Bertz CT molecular complexity index is 499. The second-order valence-corrected chi connectivity index (χ2v) is 3.62. The molecule has 0 radical (unpaired) electrons. The maximum absolute atomic E-state index is 5.30. The molecule has 7 nitrogen and oxygen atoms in total. The van der Waals surface area contributed by atoms with Gasteiger partial charge in [-0.25, -0.2) is 0 Å². The van der Waals surface area contributed by atoms with Gasteiger partial charge < -0.3 is 14.8 Å². The number of nitrogens with one attached hydrogen (secondary N) is 2. The van der Waals surface area contributed by atoms with Crippen LogP contribution in [-0.2, 0) is 13.1 Å². The van der Waals surface area contributed by atoms with Crippen molar-refractivity contribution >= 4 is 0 Å². The third-order valence-electron chi connectivity index (χ3n) is 2.44. The Morgan fingerprint density at radius 2 is 2.18 bits per heavy atom. The maximum Gasteiger partial charge on any atom is 0.231 e. The van der Waals surface area contributed by atoms with Gasteiger partial charge in [0, 0.05) is 6.54 Å². The van der Waals surface area contributed by atoms with E-state index in [-0.39, 0.29) is 0 Å². The first kappa shape index (κ1) is 10.0. The van der Waals surface area contributed by atoms with Crippen molar-refractivity contribution in [3.8, 4) is 11.5 Å². The molecular weight excluding hydrogens is 222 g/mol. The van der Waals surface area contributed by atoms with Crippen LogP contribution in [0, 0.1) is 0 Å². The number of aromatic nitrogens is 4. The normalized spacial score (nSPS) is 12.9. The van der Waals surface area contributed by atoms with Crippen molar-refractivity contribution in [3.63, 3.8) is 0 Å². The van der Waals surface area contributed by atoms with Gasteiger partial charge in [-0.05, 0) is 17.7 Å². The molecule has 0 amide bonds. The van der Waals surface area contributed by atoms with Crippen LogP contribution >= 0.6 is 0 Å². The van der Waals surface area contributed by atoms with Crippen LogP contribution in [0.3, 0.4) is 0 Å². The van der Waals surface area contributed by atoms with E-state index in [1.54, 1.807) is 0 Å². The average molecular weight is 233 g/mol. The SMILES string of the molecule is c1cc2c(cc1CNCc1nn[nH]n1)OCO2. The third-order valence-corrected chi connectivity index (χ3v) is 2.44. The van der Waals surface area contributed by atoms with Crippen molar-refractivity contribution in [2.75, 3.05) is 6.79 Å². The molecule has 7 heteroatoms. The molecule has 0 saturated heterocycles. The Hall–Kier alpha value is -2.15. The van der Waals surface area contributed by atoms with Gasteiger partial charge in [0.25, 0.3) is 0 Å². The highest BCUT2D eigenvalue weighted by Gasteiger charge is 2.12. The summed E-state index contributed by atoms with van der Waals surface area (Å²) >= 11 is 0. The number of benzene rings is 1. The monoisotopic (exact) mass is 233 g/mol. The molecule has 0 unspecified atom stereocenters. The fourth-order valence-corrected chi connectivity index (χ4v) is 1.63. The van der Waals surface area contributed by atoms with Crippen LogP contribution in [0.2, 0.25) is 0 Å². The lowest BCUT2D eigenvalue weighted by Gasteiger charge is -2.03. The minimum atomic E-state index is 0.301. The number of rotatable bonds is 4. The van der Waals surface area contributed by atoms with Crippen molar-refractivity contribution in [1.29, 1.82) is 0 Å². The molecule has 88 valence electrons. The molecule has 2 N–H and O–H groups in total. The van der Waals surface area contributed by atoms with Gasteiger partial charge in [-0.15, -0.1) is 10.2 Å². The van der Waals surface area contributed by atoms with Gasteiger partial charge in [-0.3, -0.25) is 0 Å². The quantitative estimate of drug-likeness (QED) is 0.785. The number of tetrazole rings is 1. The predicted octanol–water partition coefficient (Wildman–Crippen LogP) is 0.218. The molecule has 0 spiro atoms. The number of H-pyrrole nitrogens is 1. The molecule has 1 aromatic carbocycles. The summed E-state index contributed by atoms with van der Waals surface area (Å²) in [7, 11) is 0. The Labute approximate surface area is 97.1 Å². The molecule has 1 aliphatic rings. The largest absolute Gasteiger partial charge is 0.454 e. The maximum atomic E-state index is 5.30. The second-order valence-electron chi connectivity index (χ2n) is 3.62. The molecule has 0 saturated carbocycles. The van der Waals surface area contributed by atoms with Crippen molar-refractivity contribution in [2.24, 2.45) is 0 Å². The van der Waals surface area contributed by atoms with Crippen molar-refractivity contribution in [2.45, 2.75) is 13.1 Å². The van der Waals surface area contributed by atoms with Crippen LogP contribution in [0.5, 0.6) is 11.5 Å². The third kappa shape index (κ3) is 2.18. The lowest BCUT2D eigenvalue weighted by atomic mass is 10.2. The van der Waals surface area contributed by atoms with Crippen molar-refractivity contribution < 1.29 is 9.47 Å². The smallest absolute Gasteiger partial charge is 0.231 e. The summed E-state index contributed by atoms with van der Waals surface area (Å²) in [6.07, 6.45) is 0. The summed E-state index contributed by atoms with van der Waals surface area (Å²) in [4.78, 5) is 0. The van der Waals surface area contributed by atoms with E-state index < -0.39 is 0 Å². The minimum Gasteiger partial charge on any atom is -0.454 e. The van der Waals surface area contributed by atoms with Crippen molar-refractivity contribution in [3.05, 3.63) is 29.6 Å². The predicted molar refractivity (Wildman–Crippen MR) is 57.3 cm³/mol. The van der Waals surface area contributed by atoms with Gasteiger partial charge in [-0.2, -0.15) is 5.21 Å². The van der Waals surface area contributed by atoms with E-state index in [1.807, 2.05) is 18.2 Å². The van der Waals surface area contributed by atoms with Gasteiger partial charge in [0.15, 0.2) is 17.3 Å². The summed E-state index contributed by atoms with van der Waals surface area (Å²) in [5.41, 5.74) is 1.12. The number of fused-ring (bicyclic) bond motifs is 1. The highest BCUT2D eigenvalue weighted by atomic mass is 16.7. The standard InChI is InChI=1S/C10H11N5O2/c1-2-8-9(17-6-16-8)3-7(1)4-11-5-10-12-14-15-13-10/h1-3,11H,4-6H2,(H,12,13,14,15). The number of nitrogens with zero attached hydrogens (tertiary/aromatic N) is 3. The molecule has 0 aliphatic carbocycles. The number of hydrogen-bond donors (Lipinski definition) is 2. The van der Waals surface area contributed by atoms with E-state index in [0.717, 1.165) is 17.1 Å². The molecule has 2 aromatic rings. The average Bonchev–Trinajstić information content (AvgIpc) is 2.98. The van der Waals surface area contributed by atoms with E-state index >= 15 is 0 Å². The van der Waals surface area contributed by atoms with Gasteiger partial charge >= 0.3 is 0 Å². The van der Waals surface area contributed by atoms with Crippen molar-refractivity contribution in [1.82, 2.24) is 25.9 Å². The first-order valence-corrected chi connectivity index (χ1v) is 5.23. The molecule has 0 bridgehead atoms. The van der Waals surface area contributed by atoms with E-state index in [4.69, 9.17) is 9.47 Å². The summed E-state index contributed by atoms with van der Waals surface area (Å²) in [5.74, 6) is 2.24. The zero-order valence-electron chi connectivity index (χ0n) is 9.01. The Balaban J connectivity index is 1.58.